The molecule has 1 N–H and O–H groups in total. The Labute approximate surface area is 155 Å². The van der Waals surface area contributed by atoms with Crippen molar-refractivity contribution < 1.29 is 9.53 Å². The number of benzene rings is 2. The average molecular weight is 373 g/mol. The predicted molar refractivity (Wildman–Crippen MR) is 102 cm³/mol. The topological polar surface area (TPSA) is 51.2 Å². The molecule has 0 aliphatic carbocycles. The zero-order valence-electron chi connectivity index (χ0n) is 13.9. The quantitative estimate of drug-likeness (QED) is 0.665. The molecule has 25 heavy (non-hydrogen) atoms. The van der Waals surface area contributed by atoms with Gasteiger partial charge in [-0.25, -0.2) is 4.98 Å². The zero-order valence-corrected chi connectivity index (χ0v) is 15.4. The highest BCUT2D eigenvalue weighted by atomic mass is 35.5. The van der Waals surface area contributed by atoms with Crippen LogP contribution in [0.15, 0.2) is 47.8 Å². The summed E-state index contributed by atoms with van der Waals surface area (Å²) in [7, 11) is 0. The monoisotopic (exact) mass is 372 g/mol. The van der Waals surface area contributed by atoms with Gasteiger partial charge < -0.3 is 10.1 Å². The number of carbonyl (C=O) groups excluding carboxylic acids is 1. The number of nitrogens with one attached hydrogen (secondary N) is 1. The van der Waals surface area contributed by atoms with Crippen molar-refractivity contribution in [2.45, 2.75) is 20.5 Å². The van der Waals surface area contributed by atoms with E-state index in [0.29, 0.717) is 28.6 Å². The number of carbonyl (C=O) groups is 1. The Bertz CT molecular complexity index is 891. The summed E-state index contributed by atoms with van der Waals surface area (Å²) < 4.78 is 5.68. The van der Waals surface area contributed by atoms with Crippen molar-refractivity contribution in [1.29, 1.82) is 0 Å². The minimum atomic E-state index is -0.193. The summed E-state index contributed by atoms with van der Waals surface area (Å²) in [5.74, 6) is 0.502. The van der Waals surface area contributed by atoms with E-state index in [0.717, 1.165) is 16.3 Å². The first kappa shape index (κ1) is 17.5. The van der Waals surface area contributed by atoms with Gasteiger partial charge in [0, 0.05) is 21.7 Å². The summed E-state index contributed by atoms with van der Waals surface area (Å²) in [6.45, 7) is 4.29. The molecule has 0 radical (unpaired) electrons. The number of hydrogen-bond acceptors (Lipinski definition) is 4. The molecule has 0 saturated heterocycles. The Kier molecular flexibility index (Phi) is 5.36. The van der Waals surface area contributed by atoms with Crippen molar-refractivity contribution in [2.24, 2.45) is 0 Å². The number of rotatable bonds is 5. The summed E-state index contributed by atoms with van der Waals surface area (Å²) in [4.78, 5) is 16.7. The first-order valence-electron chi connectivity index (χ1n) is 7.72. The van der Waals surface area contributed by atoms with Crippen molar-refractivity contribution in [1.82, 2.24) is 4.98 Å². The van der Waals surface area contributed by atoms with Gasteiger partial charge >= 0.3 is 0 Å². The fourth-order valence-electron chi connectivity index (χ4n) is 2.21. The van der Waals surface area contributed by atoms with Gasteiger partial charge in [0.25, 0.3) is 5.91 Å². The lowest BCUT2D eigenvalue weighted by atomic mass is 10.2. The molecule has 1 aromatic heterocycles. The first-order chi connectivity index (χ1) is 12.0. The number of ether oxygens (including phenoxy) is 1. The molecule has 0 aliphatic heterocycles. The maximum absolute atomic E-state index is 12.3. The van der Waals surface area contributed by atoms with Gasteiger partial charge in [-0.2, -0.15) is 0 Å². The number of halogens is 1. The van der Waals surface area contributed by atoms with Crippen molar-refractivity contribution >= 4 is 34.5 Å². The zero-order chi connectivity index (χ0) is 17.8. The van der Waals surface area contributed by atoms with Crippen molar-refractivity contribution in [3.05, 3.63) is 74.7 Å². The molecule has 0 unspecified atom stereocenters. The smallest absolute Gasteiger partial charge is 0.255 e. The predicted octanol–water partition coefficient (Wildman–Crippen LogP) is 5.24. The van der Waals surface area contributed by atoms with E-state index >= 15 is 0 Å². The molecule has 0 spiro atoms. The summed E-state index contributed by atoms with van der Waals surface area (Å²) in [6, 6.07) is 12.4. The van der Waals surface area contributed by atoms with E-state index in [9.17, 15) is 4.79 Å². The summed E-state index contributed by atoms with van der Waals surface area (Å²) in [5, 5.41) is 6.45. The van der Waals surface area contributed by atoms with Crippen LogP contribution in [0, 0.1) is 13.8 Å². The Morgan fingerprint density at radius 1 is 1.20 bits per heavy atom. The molecule has 0 fully saturated rings. The highest BCUT2D eigenvalue weighted by Crippen LogP contribution is 2.21. The van der Waals surface area contributed by atoms with Gasteiger partial charge in [-0.1, -0.05) is 17.7 Å². The Balaban J connectivity index is 1.60. The van der Waals surface area contributed by atoms with Crippen LogP contribution in [0.4, 0.5) is 5.69 Å². The molecular formula is C19H17ClN2O2S. The van der Waals surface area contributed by atoms with Crippen LogP contribution in [0.5, 0.6) is 5.75 Å². The van der Waals surface area contributed by atoms with Crippen LogP contribution in [0.25, 0.3) is 0 Å². The third-order valence-corrected chi connectivity index (χ3v) is 4.83. The molecular weight excluding hydrogens is 356 g/mol. The summed E-state index contributed by atoms with van der Waals surface area (Å²) >= 11 is 7.67. The van der Waals surface area contributed by atoms with E-state index in [2.05, 4.69) is 10.3 Å². The first-order valence-corrected chi connectivity index (χ1v) is 8.98. The maximum atomic E-state index is 12.3. The Morgan fingerprint density at radius 3 is 2.60 bits per heavy atom. The molecule has 3 rings (SSSR count). The van der Waals surface area contributed by atoms with E-state index in [1.54, 1.807) is 41.7 Å². The molecule has 1 amide bonds. The van der Waals surface area contributed by atoms with Gasteiger partial charge in [0.05, 0.1) is 10.7 Å². The molecule has 0 atom stereocenters. The number of aromatic nitrogens is 1. The minimum absolute atomic E-state index is 0.193. The number of thiazole rings is 1. The third kappa shape index (κ3) is 4.59. The van der Waals surface area contributed by atoms with Gasteiger partial charge in [-0.05, 0) is 55.8 Å². The van der Waals surface area contributed by atoms with Crippen LogP contribution in [0.2, 0.25) is 5.02 Å². The second-order valence-electron chi connectivity index (χ2n) is 5.59. The highest BCUT2D eigenvalue weighted by Gasteiger charge is 2.08. The molecule has 0 bridgehead atoms. The van der Waals surface area contributed by atoms with E-state index in [-0.39, 0.29) is 5.91 Å². The fraction of sp³-hybridized carbons (Fsp3) is 0.158. The van der Waals surface area contributed by atoms with E-state index in [4.69, 9.17) is 16.3 Å². The molecule has 0 aliphatic rings. The van der Waals surface area contributed by atoms with E-state index in [1.807, 2.05) is 31.4 Å². The van der Waals surface area contributed by atoms with Gasteiger partial charge in [-0.3, -0.25) is 4.79 Å². The molecule has 128 valence electrons. The number of amides is 1. The average Bonchev–Trinajstić information content (AvgIpc) is 3.02. The summed E-state index contributed by atoms with van der Waals surface area (Å²) in [5.41, 5.74) is 3.09. The molecule has 1 heterocycles. The SMILES string of the molecule is Cc1nc(COc2ccc(C(=O)Nc3ccc(C)c(Cl)c3)cc2)cs1. The Hall–Kier alpha value is -2.37. The highest BCUT2D eigenvalue weighted by molar-refractivity contribution is 7.09. The standard InChI is InChI=1S/C19H17ClN2O2S/c1-12-3-6-15(9-18(12)20)22-19(23)14-4-7-17(8-5-14)24-10-16-11-25-13(2)21-16/h3-9,11H,10H2,1-2H3,(H,22,23). The molecule has 4 nitrogen and oxygen atoms in total. The van der Waals surface area contributed by atoms with Crippen LogP contribution >= 0.6 is 22.9 Å². The minimum Gasteiger partial charge on any atom is -0.487 e. The lowest BCUT2D eigenvalue weighted by molar-refractivity contribution is 0.102. The number of anilines is 1. The lowest BCUT2D eigenvalue weighted by Crippen LogP contribution is -2.11. The number of aryl methyl sites for hydroxylation is 2. The van der Waals surface area contributed by atoms with Crippen LogP contribution in [0.1, 0.15) is 26.6 Å². The molecule has 6 heteroatoms. The third-order valence-electron chi connectivity index (χ3n) is 3.60. The van der Waals surface area contributed by atoms with Crippen molar-refractivity contribution in [2.75, 3.05) is 5.32 Å². The molecule has 3 aromatic rings. The molecule has 2 aromatic carbocycles. The lowest BCUT2D eigenvalue weighted by Gasteiger charge is -2.08. The van der Waals surface area contributed by atoms with Gasteiger partial charge in [0.1, 0.15) is 12.4 Å². The van der Waals surface area contributed by atoms with Gasteiger partial charge in [-0.15, -0.1) is 11.3 Å². The normalized spacial score (nSPS) is 10.5. The van der Waals surface area contributed by atoms with Crippen LogP contribution in [-0.2, 0) is 6.61 Å². The summed E-state index contributed by atoms with van der Waals surface area (Å²) in [6.07, 6.45) is 0. The van der Waals surface area contributed by atoms with Crippen LogP contribution in [-0.4, -0.2) is 10.9 Å². The van der Waals surface area contributed by atoms with E-state index < -0.39 is 0 Å². The number of nitrogens with zero attached hydrogens (tertiary/aromatic N) is 1. The Morgan fingerprint density at radius 2 is 1.96 bits per heavy atom. The van der Waals surface area contributed by atoms with Crippen molar-refractivity contribution in [3.8, 4) is 5.75 Å². The van der Waals surface area contributed by atoms with Crippen LogP contribution < -0.4 is 10.1 Å². The van der Waals surface area contributed by atoms with Gasteiger partial charge in [0.15, 0.2) is 0 Å². The largest absolute Gasteiger partial charge is 0.487 e. The number of hydrogen-bond donors (Lipinski definition) is 1. The van der Waals surface area contributed by atoms with E-state index in [1.165, 1.54) is 0 Å². The van der Waals surface area contributed by atoms with Crippen LogP contribution in [0.3, 0.4) is 0 Å². The van der Waals surface area contributed by atoms with Crippen molar-refractivity contribution in [3.63, 3.8) is 0 Å². The molecule has 0 saturated carbocycles. The maximum Gasteiger partial charge on any atom is 0.255 e. The second kappa shape index (κ2) is 7.68. The second-order valence-corrected chi connectivity index (χ2v) is 7.06. The fourth-order valence-corrected chi connectivity index (χ4v) is 2.99. The van der Waals surface area contributed by atoms with Gasteiger partial charge in [0.2, 0.25) is 0 Å².